The molecule has 7 nitrogen and oxygen atoms in total. The molecule has 1 saturated heterocycles. The minimum absolute atomic E-state index is 0.00379. The molecule has 0 atom stereocenters. The SMILES string of the molecule is NC(=O)N(Cc1cccc(F)c1)c1[nH]c2ccc(Br)cc2c1S(=O)(=O)N1CCCC1. The minimum atomic E-state index is -3.89. The minimum Gasteiger partial charge on any atom is -0.351 e. The Bertz CT molecular complexity index is 1220. The molecule has 10 heteroatoms. The van der Waals surface area contributed by atoms with Crippen molar-refractivity contribution in [3.63, 3.8) is 0 Å². The molecule has 0 unspecified atom stereocenters. The molecular formula is C20H20BrFN4O3S. The average Bonchev–Trinajstić information content (AvgIpc) is 3.34. The molecule has 3 aromatic rings. The predicted molar refractivity (Wildman–Crippen MR) is 116 cm³/mol. The summed E-state index contributed by atoms with van der Waals surface area (Å²) in [7, 11) is -3.89. The standard InChI is InChI=1S/C20H20BrFN4O3S/c21-14-6-7-17-16(11-14)18(30(28,29)25-8-1-2-9-25)19(24-17)26(20(23)27)12-13-4-3-5-15(22)10-13/h3-7,10-11,24H,1-2,8-9,12H2,(H2,23,27). The molecule has 158 valence electrons. The first-order valence-electron chi connectivity index (χ1n) is 9.40. The number of benzene rings is 2. The number of urea groups is 1. The maximum absolute atomic E-state index is 13.7. The van der Waals surface area contributed by atoms with Gasteiger partial charge in [-0.15, -0.1) is 0 Å². The molecule has 1 aliphatic rings. The van der Waals surface area contributed by atoms with Crippen molar-refractivity contribution in [2.24, 2.45) is 5.73 Å². The highest BCUT2D eigenvalue weighted by Gasteiger charge is 2.35. The molecule has 2 amide bonds. The normalized spacial score (nSPS) is 15.0. The van der Waals surface area contributed by atoms with Crippen LogP contribution in [-0.4, -0.2) is 36.8 Å². The molecule has 1 fully saturated rings. The van der Waals surface area contributed by atoms with Crippen molar-refractivity contribution in [2.75, 3.05) is 18.0 Å². The molecule has 4 rings (SSSR count). The van der Waals surface area contributed by atoms with Crippen LogP contribution in [0.1, 0.15) is 18.4 Å². The Morgan fingerprint density at radius 2 is 1.93 bits per heavy atom. The van der Waals surface area contributed by atoms with Gasteiger partial charge in [0.05, 0.1) is 6.54 Å². The summed E-state index contributed by atoms with van der Waals surface area (Å²) >= 11 is 3.38. The van der Waals surface area contributed by atoms with Crippen LogP contribution in [0.3, 0.4) is 0 Å². The summed E-state index contributed by atoms with van der Waals surface area (Å²) in [6.07, 6.45) is 1.56. The molecule has 1 aromatic heterocycles. The number of halogens is 2. The van der Waals surface area contributed by atoms with E-state index >= 15 is 0 Å². The summed E-state index contributed by atoms with van der Waals surface area (Å²) in [6.45, 7) is 0.759. The van der Waals surface area contributed by atoms with Gasteiger partial charge in [-0.05, 0) is 48.7 Å². The zero-order valence-corrected chi connectivity index (χ0v) is 18.3. The Labute approximate surface area is 181 Å². The molecule has 0 spiro atoms. The van der Waals surface area contributed by atoms with E-state index in [1.54, 1.807) is 24.3 Å². The van der Waals surface area contributed by atoms with Crippen LogP contribution in [-0.2, 0) is 16.6 Å². The first-order chi connectivity index (χ1) is 14.3. The van der Waals surface area contributed by atoms with Crippen LogP contribution in [0, 0.1) is 5.82 Å². The van der Waals surface area contributed by atoms with Crippen LogP contribution in [0.2, 0.25) is 0 Å². The number of hydrogen-bond acceptors (Lipinski definition) is 3. The van der Waals surface area contributed by atoms with Crippen molar-refractivity contribution >= 4 is 48.7 Å². The Kier molecular flexibility index (Phi) is 5.56. The predicted octanol–water partition coefficient (Wildman–Crippen LogP) is 3.94. The second-order valence-electron chi connectivity index (χ2n) is 7.16. The van der Waals surface area contributed by atoms with Crippen molar-refractivity contribution in [1.29, 1.82) is 0 Å². The highest BCUT2D eigenvalue weighted by Crippen LogP contribution is 2.38. The third-order valence-corrected chi connectivity index (χ3v) is 7.59. The molecule has 3 N–H and O–H groups in total. The van der Waals surface area contributed by atoms with Gasteiger partial charge in [-0.2, -0.15) is 4.31 Å². The number of carbonyl (C=O) groups is 1. The van der Waals surface area contributed by atoms with Crippen molar-refractivity contribution < 1.29 is 17.6 Å². The number of hydrogen-bond donors (Lipinski definition) is 2. The van der Waals surface area contributed by atoms with E-state index in [4.69, 9.17) is 5.73 Å². The van der Waals surface area contributed by atoms with Crippen LogP contribution >= 0.6 is 15.9 Å². The zero-order valence-electron chi connectivity index (χ0n) is 15.9. The average molecular weight is 495 g/mol. The van der Waals surface area contributed by atoms with Gasteiger partial charge in [0.15, 0.2) is 0 Å². The lowest BCUT2D eigenvalue weighted by Crippen LogP contribution is -2.37. The number of aromatic nitrogens is 1. The highest BCUT2D eigenvalue weighted by atomic mass is 79.9. The molecule has 2 heterocycles. The Balaban J connectivity index is 1.91. The lowest BCUT2D eigenvalue weighted by atomic mass is 10.2. The van der Waals surface area contributed by atoms with Crippen LogP contribution in [0.25, 0.3) is 10.9 Å². The van der Waals surface area contributed by atoms with E-state index in [9.17, 15) is 17.6 Å². The number of H-pyrrole nitrogens is 1. The van der Waals surface area contributed by atoms with E-state index in [2.05, 4.69) is 20.9 Å². The third kappa shape index (κ3) is 3.82. The van der Waals surface area contributed by atoms with Crippen LogP contribution < -0.4 is 10.6 Å². The van der Waals surface area contributed by atoms with Crippen molar-refractivity contribution in [3.05, 3.63) is 58.3 Å². The lowest BCUT2D eigenvalue weighted by Gasteiger charge is -2.23. The smallest absolute Gasteiger partial charge is 0.320 e. The maximum Gasteiger partial charge on any atom is 0.320 e. The summed E-state index contributed by atoms with van der Waals surface area (Å²) < 4.78 is 42.8. The fourth-order valence-corrected chi connectivity index (χ4v) is 5.93. The molecule has 2 aromatic carbocycles. The van der Waals surface area contributed by atoms with Gasteiger partial charge in [-0.3, -0.25) is 4.90 Å². The van der Waals surface area contributed by atoms with Gasteiger partial charge in [0, 0.05) is 28.5 Å². The summed E-state index contributed by atoms with van der Waals surface area (Å²) in [5, 5.41) is 0.455. The number of fused-ring (bicyclic) bond motifs is 1. The van der Waals surface area contributed by atoms with Crippen molar-refractivity contribution in [1.82, 2.24) is 9.29 Å². The first-order valence-corrected chi connectivity index (χ1v) is 11.6. The summed E-state index contributed by atoms with van der Waals surface area (Å²) in [4.78, 5) is 16.5. The van der Waals surface area contributed by atoms with E-state index in [-0.39, 0.29) is 17.3 Å². The number of amides is 2. The largest absolute Gasteiger partial charge is 0.351 e. The number of nitrogens with one attached hydrogen (secondary N) is 1. The number of sulfonamides is 1. The fourth-order valence-electron chi connectivity index (χ4n) is 3.72. The van der Waals surface area contributed by atoms with Gasteiger partial charge in [0.25, 0.3) is 0 Å². The van der Waals surface area contributed by atoms with Gasteiger partial charge in [-0.25, -0.2) is 17.6 Å². The van der Waals surface area contributed by atoms with Crippen LogP contribution in [0.5, 0.6) is 0 Å². The molecule has 0 bridgehead atoms. The maximum atomic E-state index is 13.7. The summed E-state index contributed by atoms with van der Waals surface area (Å²) in [5.74, 6) is -0.380. The number of rotatable bonds is 5. The van der Waals surface area contributed by atoms with E-state index < -0.39 is 21.9 Å². The van der Waals surface area contributed by atoms with Gasteiger partial charge in [0.2, 0.25) is 10.0 Å². The quantitative estimate of drug-likeness (QED) is 0.561. The third-order valence-electron chi connectivity index (χ3n) is 5.12. The second kappa shape index (κ2) is 8.01. The molecule has 1 aliphatic heterocycles. The number of anilines is 1. The van der Waals surface area contributed by atoms with Crippen molar-refractivity contribution in [3.8, 4) is 0 Å². The number of nitrogens with two attached hydrogens (primary N) is 1. The van der Waals surface area contributed by atoms with E-state index in [1.165, 1.54) is 22.5 Å². The molecule has 30 heavy (non-hydrogen) atoms. The van der Waals surface area contributed by atoms with Gasteiger partial charge < -0.3 is 10.7 Å². The Hall–Kier alpha value is -2.43. The molecule has 0 radical (unpaired) electrons. The number of aromatic amines is 1. The fraction of sp³-hybridized carbons (Fsp3) is 0.250. The van der Waals surface area contributed by atoms with Crippen LogP contribution in [0.4, 0.5) is 15.0 Å². The Morgan fingerprint density at radius 3 is 2.60 bits per heavy atom. The first kappa shape index (κ1) is 20.8. The number of primary amides is 1. The topological polar surface area (TPSA) is 99.5 Å². The van der Waals surface area contributed by atoms with Crippen LogP contribution in [0.15, 0.2) is 51.8 Å². The summed E-state index contributed by atoms with van der Waals surface area (Å²) in [5.41, 5.74) is 6.66. The lowest BCUT2D eigenvalue weighted by molar-refractivity contribution is 0.253. The molecular weight excluding hydrogens is 475 g/mol. The van der Waals surface area contributed by atoms with Gasteiger partial charge in [0.1, 0.15) is 16.5 Å². The second-order valence-corrected chi connectivity index (χ2v) is 9.95. The number of carbonyl (C=O) groups excluding carboxylic acids is 1. The number of nitrogens with zero attached hydrogens (tertiary/aromatic N) is 2. The van der Waals surface area contributed by atoms with E-state index in [1.807, 2.05) is 0 Å². The van der Waals surface area contributed by atoms with Crippen molar-refractivity contribution in [2.45, 2.75) is 24.3 Å². The van der Waals surface area contributed by atoms with E-state index in [0.717, 1.165) is 17.7 Å². The molecule has 0 saturated carbocycles. The van der Waals surface area contributed by atoms with Gasteiger partial charge >= 0.3 is 6.03 Å². The van der Waals surface area contributed by atoms with Gasteiger partial charge in [-0.1, -0.05) is 28.1 Å². The monoisotopic (exact) mass is 494 g/mol. The highest BCUT2D eigenvalue weighted by molar-refractivity contribution is 9.10. The zero-order chi connectivity index (χ0) is 21.5. The summed E-state index contributed by atoms with van der Waals surface area (Å²) in [6, 6.07) is 10.1. The Morgan fingerprint density at radius 1 is 1.20 bits per heavy atom. The molecule has 0 aliphatic carbocycles. The van der Waals surface area contributed by atoms with E-state index in [0.29, 0.717) is 34.0 Å².